The van der Waals surface area contributed by atoms with Crippen LogP contribution in [0.3, 0.4) is 0 Å². The topological polar surface area (TPSA) is 92.2 Å². The van der Waals surface area contributed by atoms with Gasteiger partial charge in [-0.1, -0.05) is 18.2 Å². The predicted octanol–water partition coefficient (Wildman–Crippen LogP) is 0.684. The van der Waals surface area contributed by atoms with E-state index in [0.717, 1.165) is 10.2 Å². The van der Waals surface area contributed by atoms with Crippen LogP contribution in [0.1, 0.15) is 11.1 Å². The number of hydrogen-bond donors (Lipinski definition) is 1. The zero-order chi connectivity index (χ0) is 16.2. The van der Waals surface area contributed by atoms with Gasteiger partial charge in [-0.2, -0.15) is 5.26 Å². The molecule has 0 fully saturated rings. The van der Waals surface area contributed by atoms with Gasteiger partial charge in [0, 0.05) is 12.7 Å². The minimum Gasteiger partial charge on any atom is -0.350 e. The summed E-state index contributed by atoms with van der Waals surface area (Å²) in [6.45, 7) is 0.184. The second kappa shape index (κ2) is 6.15. The number of carbonyl (C=O) groups is 1. The van der Waals surface area contributed by atoms with Crippen LogP contribution in [-0.4, -0.2) is 20.1 Å². The first-order chi connectivity index (χ1) is 11.2. The lowest BCUT2D eigenvalue weighted by atomic mass is 10.1. The summed E-state index contributed by atoms with van der Waals surface area (Å²) in [6, 6.07) is 14.2. The summed E-state index contributed by atoms with van der Waals surface area (Å²) >= 11 is 0. The van der Waals surface area contributed by atoms with Crippen LogP contribution < -0.4 is 11.0 Å². The van der Waals surface area contributed by atoms with Crippen LogP contribution >= 0.6 is 0 Å². The number of nitrogens with zero attached hydrogens (tertiary/aromatic N) is 4. The highest BCUT2D eigenvalue weighted by molar-refractivity contribution is 5.75. The van der Waals surface area contributed by atoms with Crippen molar-refractivity contribution >= 4 is 11.6 Å². The monoisotopic (exact) mass is 307 g/mol. The fourth-order valence-electron chi connectivity index (χ4n) is 2.16. The molecule has 2 heterocycles. The van der Waals surface area contributed by atoms with E-state index in [1.54, 1.807) is 48.7 Å². The van der Waals surface area contributed by atoms with Gasteiger partial charge in [0.2, 0.25) is 5.91 Å². The van der Waals surface area contributed by atoms with Crippen molar-refractivity contribution in [2.45, 2.75) is 13.1 Å². The van der Waals surface area contributed by atoms with Gasteiger partial charge in [-0.25, -0.2) is 9.48 Å². The summed E-state index contributed by atoms with van der Waals surface area (Å²) in [4.78, 5) is 24.0. The fraction of sp³-hybridized carbons (Fsp3) is 0.125. The molecule has 0 aliphatic rings. The number of aromatic nitrogens is 3. The Hall–Kier alpha value is -3.40. The van der Waals surface area contributed by atoms with Gasteiger partial charge in [0.25, 0.3) is 0 Å². The number of rotatable bonds is 4. The molecule has 1 amide bonds. The number of amides is 1. The van der Waals surface area contributed by atoms with Gasteiger partial charge in [0.05, 0.1) is 11.6 Å². The maximum Gasteiger partial charge on any atom is 0.350 e. The van der Waals surface area contributed by atoms with Crippen molar-refractivity contribution in [2.24, 2.45) is 0 Å². The lowest BCUT2D eigenvalue weighted by Gasteiger charge is -2.05. The van der Waals surface area contributed by atoms with E-state index in [1.165, 1.54) is 4.40 Å². The van der Waals surface area contributed by atoms with Gasteiger partial charge in [-0.05, 0) is 29.8 Å². The van der Waals surface area contributed by atoms with E-state index in [2.05, 4.69) is 10.4 Å². The van der Waals surface area contributed by atoms with Gasteiger partial charge in [0.1, 0.15) is 6.54 Å². The van der Waals surface area contributed by atoms with E-state index in [9.17, 15) is 9.59 Å². The molecule has 7 heteroatoms. The Morgan fingerprint density at radius 2 is 2.00 bits per heavy atom. The molecule has 7 nitrogen and oxygen atoms in total. The van der Waals surface area contributed by atoms with E-state index in [0.29, 0.717) is 17.8 Å². The molecular formula is C16H13N5O2. The van der Waals surface area contributed by atoms with Crippen molar-refractivity contribution in [3.63, 3.8) is 0 Å². The largest absolute Gasteiger partial charge is 0.350 e. The lowest BCUT2D eigenvalue weighted by molar-refractivity contribution is -0.122. The summed E-state index contributed by atoms with van der Waals surface area (Å²) in [6.07, 6.45) is 1.61. The second-order valence-corrected chi connectivity index (χ2v) is 4.95. The number of pyridine rings is 1. The smallest absolute Gasteiger partial charge is 0.350 e. The quantitative estimate of drug-likeness (QED) is 0.767. The molecule has 0 atom stereocenters. The summed E-state index contributed by atoms with van der Waals surface area (Å²) in [7, 11) is 0. The first-order valence-electron chi connectivity index (χ1n) is 6.97. The third-order valence-electron chi connectivity index (χ3n) is 3.35. The molecule has 0 saturated heterocycles. The first kappa shape index (κ1) is 14.5. The van der Waals surface area contributed by atoms with E-state index in [1.807, 2.05) is 6.07 Å². The third kappa shape index (κ3) is 3.11. The summed E-state index contributed by atoms with van der Waals surface area (Å²) in [5.41, 5.74) is 1.59. The lowest BCUT2D eigenvalue weighted by Crippen LogP contribution is -2.32. The van der Waals surface area contributed by atoms with Gasteiger partial charge in [-0.3, -0.25) is 9.20 Å². The normalized spacial score (nSPS) is 10.4. The third-order valence-corrected chi connectivity index (χ3v) is 3.35. The Kier molecular flexibility index (Phi) is 3.89. The standard InChI is InChI=1S/C16H13N5O2/c17-9-12-4-6-13(7-5-12)10-18-15(22)11-21-16(23)20-8-2-1-3-14(20)19-21/h1-8H,10-11H2,(H,18,22). The maximum absolute atomic E-state index is 12.1. The molecule has 0 radical (unpaired) electrons. The molecule has 0 unspecified atom stereocenters. The van der Waals surface area contributed by atoms with Crippen molar-refractivity contribution in [3.8, 4) is 6.07 Å². The molecule has 0 saturated carbocycles. The van der Waals surface area contributed by atoms with Crippen molar-refractivity contribution < 1.29 is 4.79 Å². The molecule has 0 bridgehead atoms. The van der Waals surface area contributed by atoms with E-state index < -0.39 is 0 Å². The zero-order valence-corrected chi connectivity index (χ0v) is 12.1. The highest BCUT2D eigenvalue weighted by atomic mass is 16.2. The van der Waals surface area contributed by atoms with Crippen LogP contribution in [0.4, 0.5) is 0 Å². The van der Waals surface area contributed by atoms with Crippen LogP contribution in [0.2, 0.25) is 0 Å². The number of benzene rings is 1. The number of nitriles is 1. The van der Waals surface area contributed by atoms with E-state index in [-0.39, 0.29) is 18.1 Å². The minimum absolute atomic E-state index is 0.142. The molecule has 114 valence electrons. The molecule has 0 aliphatic carbocycles. The Morgan fingerprint density at radius 3 is 2.70 bits per heavy atom. The molecule has 1 N–H and O–H groups in total. The average Bonchev–Trinajstić information content (AvgIpc) is 2.90. The molecule has 2 aromatic heterocycles. The SMILES string of the molecule is N#Cc1ccc(CNC(=O)Cn2nc3ccccn3c2=O)cc1. The summed E-state index contributed by atoms with van der Waals surface area (Å²) < 4.78 is 2.51. The van der Waals surface area contributed by atoms with Crippen LogP contribution in [0.5, 0.6) is 0 Å². The number of nitrogens with one attached hydrogen (secondary N) is 1. The molecule has 23 heavy (non-hydrogen) atoms. The van der Waals surface area contributed by atoms with Crippen molar-refractivity contribution in [1.29, 1.82) is 5.26 Å². The van der Waals surface area contributed by atoms with Crippen molar-refractivity contribution in [2.75, 3.05) is 0 Å². The Morgan fingerprint density at radius 1 is 1.22 bits per heavy atom. The second-order valence-electron chi connectivity index (χ2n) is 4.95. The first-order valence-corrected chi connectivity index (χ1v) is 6.97. The Bertz CT molecular complexity index is 947. The number of hydrogen-bond acceptors (Lipinski definition) is 4. The Labute approximate surface area is 131 Å². The van der Waals surface area contributed by atoms with Crippen molar-refractivity contribution in [3.05, 3.63) is 70.3 Å². The van der Waals surface area contributed by atoms with Crippen LogP contribution in [0.15, 0.2) is 53.5 Å². The highest BCUT2D eigenvalue weighted by Crippen LogP contribution is 2.02. The van der Waals surface area contributed by atoms with Crippen LogP contribution in [0, 0.1) is 11.3 Å². The molecule has 0 spiro atoms. The maximum atomic E-state index is 12.1. The zero-order valence-electron chi connectivity index (χ0n) is 12.1. The molecule has 3 aromatic rings. The van der Waals surface area contributed by atoms with Crippen LogP contribution in [0.25, 0.3) is 5.65 Å². The van der Waals surface area contributed by atoms with Gasteiger partial charge in [0.15, 0.2) is 5.65 Å². The number of carbonyl (C=O) groups excluding carboxylic acids is 1. The molecular weight excluding hydrogens is 294 g/mol. The fourth-order valence-corrected chi connectivity index (χ4v) is 2.16. The highest BCUT2D eigenvalue weighted by Gasteiger charge is 2.10. The van der Waals surface area contributed by atoms with E-state index >= 15 is 0 Å². The summed E-state index contributed by atoms with van der Waals surface area (Å²) in [5.74, 6) is -0.306. The molecule has 3 rings (SSSR count). The Balaban J connectivity index is 1.65. The summed E-state index contributed by atoms with van der Waals surface area (Å²) in [5, 5.41) is 15.6. The molecule has 0 aliphatic heterocycles. The number of fused-ring (bicyclic) bond motifs is 1. The van der Waals surface area contributed by atoms with Crippen molar-refractivity contribution in [1.82, 2.24) is 19.5 Å². The average molecular weight is 307 g/mol. The van der Waals surface area contributed by atoms with E-state index in [4.69, 9.17) is 5.26 Å². The van der Waals surface area contributed by atoms with Crippen LogP contribution in [-0.2, 0) is 17.9 Å². The van der Waals surface area contributed by atoms with Gasteiger partial charge >= 0.3 is 5.69 Å². The molecule has 1 aromatic carbocycles. The van der Waals surface area contributed by atoms with Gasteiger partial charge in [-0.15, -0.1) is 5.10 Å². The minimum atomic E-state index is -0.353. The predicted molar refractivity (Wildman–Crippen MR) is 82.5 cm³/mol. The van der Waals surface area contributed by atoms with Gasteiger partial charge < -0.3 is 5.32 Å².